The van der Waals surface area contributed by atoms with E-state index in [9.17, 15) is 5.11 Å². The highest BCUT2D eigenvalue weighted by atomic mass is 16.3. The summed E-state index contributed by atoms with van der Waals surface area (Å²) in [5, 5.41) is 13.7. The molecule has 0 radical (unpaired) electrons. The second-order valence-electron chi connectivity index (χ2n) is 5.44. The Hall–Kier alpha value is -0.0800. The van der Waals surface area contributed by atoms with Crippen LogP contribution >= 0.6 is 0 Å². The Morgan fingerprint density at radius 1 is 1.19 bits per heavy atom. The molecule has 0 rings (SSSR count). The minimum atomic E-state index is -0.576. The first-order valence-corrected chi connectivity index (χ1v) is 6.89. The fraction of sp³-hybridized carbons (Fsp3) is 1.00. The molecule has 3 atom stereocenters. The van der Waals surface area contributed by atoms with Crippen molar-refractivity contribution in [1.29, 1.82) is 0 Å². The Kier molecular flexibility index (Phi) is 8.04. The lowest BCUT2D eigenvalue weighted by atomic mass is 9.88. The first-order valence-electron chi connectivity index (χ1n) is 6.89. The first kappa shape index (κ1) is 15.9. The van der Waals surface area contributed by atoms with Gasteiger partial charge in [0.25, 0.3) is 0 Å². The normalized spacial score (nSPS) is 19.1. The van der Waals surface area contributed by atoms with Gasteiger partial charge in [-0.25, -0.2) is 0 Å². The molecule has 0 fully saturated rings. The van der Waals surface area contributed by atoms with Crippen LogP contribution in [0.15, 0.2) is 0 Å². The van der Waals surface area contributed by atoms with E-state index in [2.05, 4.69) is 33.0 Å². The lowest BCUT2D eigenvalue weighted by Crippen LogP contribution is -2.45. The van der Waals surface area contributed by atoms with E-state index >= 15 is 0 Å². The molecule has 0 heterocycles. The van der Waals surface area contributed by atoms with Gasteiger partial charge in [-0.05, 0) is 26.2 Å². The van der Waals surface area contributed by atoms with E-state index in [0.29, 0.717) is 18.5 Å². The van der Waals surface area contributed by atoms with Crippen molar-refractivity contribution in [1.82, 2.24) is 5.32 Å². The van der Waals surface area contributed by atoms with Gasteiger partial charge in [-0.1, -0.05) is 46.5 Å². The topological polar surface area (TPSA) is 32.3 Å². The second-order valence-corrected chi connectivity index (χ2v) is 5.44. The quantitative estimate of drug-likeness (QED) is 0.594. The van der Waals surface area contributed by atoms with Crippen LogP contribution in [-0.2, 0) is 0 Å². The zero-order valence-corrected chi connectivity index (χ0v) is 11.8. The van der Waals surface area contributed by atoms with Crippen LogP contribution in [0.3, 0.4) is 0 Å². The van der Waals surface area contributed by atoms with Crippen molar-refractivity contribution < 1.29 is 5.11 Å². The molecular weight excluding hydrogens is 198 g/mol. The molecular formula is C14H31NO. The Balaban J connectivity index is 3.76. The molecule has 0 aliphatic carbocycles. The Morgan fingerprint density at radius 2 is 1.81 bits per heavy atom. The Labute approximate surface area is 102 Å². The summed E-state index contributed by atoms with van der Waals surface area (Å²) >= 11 is 0. The molecule has 0 saturated heterocycles. The van der Waals surface area contributed by atoms with Crippen molar-refractivity contribution in [2.45, 2.75) is 78.4 Å². The van der Waals surface area contributed by atoms with Crippen molar-refractivity contribution >= 4 is 0 Å². The van der Waals surface area contributed by atoms with Gasteiger partial charge < -0.3 is 10.4 Å². The molecule has 0 aliphatic heterocycles. The van der Waals surface area contributed by atoms with Crippen molar-refractivity contribution in [2.24, 2.45) is 5.92 Å². The molecule has 98 valence electrons. The van der Waals surface area contributed by atoms with Crippen LogP contribution in [0.4, 0.5) is 0 Å². The third-order valence-electron chi connectivity index (χ3n) is 3.72. The molecule has 0 aromatic heterocycles. The maximum absolute atomic E-state index is 10.2. The van der Waals surface area contributed by atoms with Crippen LogP contribution in [0.25, 0.3) is 0 Å². The van der Waals surface area contributed by atoms with Gasteiger partial charge in [-0.15, -0.1) is 0 Å². The van der Waals surface area contributed by atoms with Crippen LogP contribution in [-0.4, -0.2) is 23.3 Å². The third kappa shape index (κ3) is 6.49. The number of hydrogen-bond acceptors (Lipinski definition) is 2. The van der Waals surface area contributed by atoms with Gasteiger partial charge in [0, 0.05) is 12.6 Å². The van der Waals surface area contributed by atoms with Gasteiger partial charge >= 0.3 is 0 Å². The fourth-order valence-electron chi connectivity index (χ4n) is 1.80. The predicted molar refractivity (Wildman–Crippen MR) is 71.7 cm³/mol. The minimum absolute atomic E-state index is 0.350. The van der Waals surface area contributed by atoms with Crippen LogP contribution in [0.2, 0.25) is 0 Å². The van der Waals surface area contributed by atoms with Gasteiger partial charge in [-0.3, -0.25) is 0 Å². The van der Waals surface area contributed by atoms with Gasteiger partial charge in [0.05, 0.1) is 5.60 Å². The summed E-state index contributed by atoms with van der Waals surface area (Å²) in [6.45, 7) is 11.3. The van der Waals surface area contributed by atoms with Crippen LogP contribution in [0, 0.1) is 5.92 Å². The van der Waals surface area contributed by atoms with E-state index < -0.39 is 5.60 Å². The predicted octanol–water partition coefficient (Wildman–Crippen LogP) is 3.34. The Bertz CT molecular complexity index is 168. The van der Waals surface area contributed by atoms with Gasteiger partial charge in [-0.2, -0.15) is 0 Å². The third-order valence-corrected chi connectivity index (χ3v) is 3.72. The van der Waals surface area contributed by atoms with Gasteiger partial charge in [0.15, 0.2) is 0 Å². The second kappa shape index (κ2) is 8.08. The molecule has 0 aromatic rings. The molecule has 16 heavy (non-hydrogen) atoms. The number of aliphatic hydroxyl groups is 1. The van der Waals surface area contributed by atoms with E-state index in [4.69, 9.17) is 0 Å². The molecule has 3 unspecified atom stereocenters. The van der Waals surface area contributed by atoms with Crippen molar-refractivity contribution in [3.8, 4) is 0 Å². The molecule has 0 amide bonds. The van der Waals surface area contributed by atoms with E-state index in [1.165, 1.54) is 25.7 Å². The Morgan fingerprint density at radius 3 is 2.31 bits per heavy atom. The molecule has 0 bridgehead atoms. The maximum Gasteiger partial charge on any atom is 0.0768 e. The van der Waals surface area contributed by atoms with E-state index in [-0.39, 0.29) is 0 Å². The minimum Gasteiger partial charge on any atom is -0.389 e. The van der Waals surface area contributed by atoms with Crippen LogP contribution in [0.1, 0.15) is 66.7 Å². The standard InChI is InChI=1S/C14H31NO/c1-6-8-9-10-13(4)15-11-14(5,16)12(3)7-2/h12-13,15-16H,6-11H2,1-5H3. The average Bonchev–Trinajstić information content (AvgIpc) is 2.25. The summed E-state index contributed by atoms with van der Waals surface area (Å²) in [7, 11) is 0. The van der Waals surface area contributed by atoms with Gasteiger partial charge in [0.2, 0.25) is 0 Å². The highest BCUT2D eigenvalue weighted by molar-refractivity contribution is 4.82. The summed E-state index contributed by atoms with van der Waals surface area (Å²) in [6.07, 6.45) is 6.12. The number of hydrogen-bond donors (Lipinski definition) is 2. The van der Waals surface area contributed by atoms with E-state index in [1.54, 1.807) is 0 Å². The van der Waals surface area contributed by atoms with Crippen molar-refractivity contribution in [3.05, 3.63) is 0 Å². The summed E-state index contributed by atoms with van der Waals surface area (Å²) in [5.74, 6) is 0.350. The van der Waals surface area contributed by atoms with Crippen LogP contribution < -0.4 is 5.32 Å². The number of unbranched alkanes of at least 4 members (excludes halogenated alkanes) is 2. The van der Waals surface area contributed by atoms with Crippen LogP contribution in [0.5, 0.6) is 0 Å². The molecule has 0 saturated carbocycles. The monoisotopic (exact) mass is 229 g/mol. The summed E-state index contributed by atoms with van der Waals surface area (Å²) < 4.78 is 0. The lowest BCUT2D eigenvalue weighted by molar-refractivity contribution is 0.00346. The zero-order chi connectivity index (χ0) is 12.6. The number of rotatable bonds is 9. The van der Waals surface area contributed by atoms with Gasteiger partial charge in [0.1, 0.15) is 0 Å². The molecule has 2 N–H and O–H groups in total. The average molecular weight is 229 g/mol. The maximum atomic E-state index is 10.2. The fourth-order valence-corrected chi connectivity index (χ4v) is 1.80. The van der Waals surface area contributed by atoms with E-state index in [0.717, 1.165) is 6.42 Å². The summed E-state index contributed by atoms with van der Waals surface area (Å²) in [6, 6.07) is 0.516. The summed E-state index contributed by atoms with van der Waals surface area (Å²) in [4.78, 5) is 0. The smallest absolute Gasteiger partial charge is 0.0768 e. The van der Waals surface area contributed by atoms with E-state index in [1.807, 2.05) is 6.92 Å². The molecule has 2 heteroatoms. The van der Waals surface area contributed by atoms with Crippen molar-refractivity contribution in [2.75, 3.05) is 6.54 Å². The molecule has 2 nitrogen and oxygen atoms in total. The molecule has 0 aliphatic rings. The highest BCUT2D eigenvalue weighted by Crippen LogP contribution is 2.19. The lowest BCUT2D eigenvalue weighted by Gasteiger charge is -2.31. The highest BCUT2D eigenvalue weighted by Gasteiger charge is 2.26. The van der Waals surface area contributed by atoms with Crippen molar-refractivity contribution in [3.63, 3.8) is 0 Å². The zero-order valence-electron chi connectivity index (χ0n) is 11.8. The molecule has 0 aromatic carbocycles. The first-order chi connectivity index (χ1) is 7.44. The molecule has 0 spiro atoms. The number of nitrogens with one attached hydrogen (secondary N) is 1. The SMILES string of the molecule is CCCCCC(C)NCC(C)(O)C(C)CC. The largest absolute Gasteiger partial charge is 0.389 e. The summed E-state index contributed by atoms with van der Waals surface area (Å²) in [5.41, 5.74) is -0.576.